The molecule has 0 bridgehead atoms. The van der Waals surface area contributed by atoms with Gasteiger partial charge in [-0.15, -0.1) is 0 Å². The summed E-state index contributed by atoms with van der Waals surface area (Å²) < 4.78 is 11.4. The van der Waals surface area contributed by atoms with Crippen molar-refractivity contribution in [1.82, 2.24) is 4.90 Å². The SMILES string of the molecule is C/C=C1\CC2C=Nc3cc(OCc4ccccc4)c(OC)cc3C(=O)N2C1. The highest BCUT2D eigenvalue weighted by Crippen LogP contribution is 2.38. The lowest BCUT2D eigenvalue weighted by Gasteiger charge is -2.20. The average Bonchev–Trinajstić information content (AvgIpc) is 3.09. The molecule has 0 aromatic heterocycles. The Morgan fingerprint density at radius 2 is 2.04 bits per heavy atom. The highest BCUT2D eigenvalue weighted by Gasteiger charge is 2.34. The Labute approximate surface area is 158 Å². The molecule has 4 rings (SSSR count). The van der Waals surface area contributed by atoms with Crippen molar-refractivity contribution in [2.75, 3.05) is 13.7 Å². The molecule has 2 heterocycles. The van der Waals surface area contributed by atoms with Gasteiger partial charge in [0.15, 0.2) is 11.5 Å². The van der Waals surface area contributed by atoms with Gasteiger partial charge in [-0.25, -0.2) is 0 Å². The Morgan fingerprint density at radius 3 is 2.78 bits per heavy atom. The first-order chi connectivity index (χ1) is 13.2. The van der Waals surface area contributed by atoms with Crippen LogP contribution in [0.25, 0.3) is 0 Å². The van der Waals surface area contributed by atoms with E-state index in [9.17, 15) is 4.79 Å². The Kier molecular flexibility index (Phi) is 4.67. The fourth-order valence-electron chi connectivity index (χ4n) is 3.50. The molecule has 1 amide bonds. The van der Waals surface area contributed by atoms with Crippen molar-refractivity contribution >= 4 is 17.8 Å². The highest BCUT2D eigenvalue weighted by molar-refractivity contribution is 6.03. The molecule has 1 saturated heterocycles. The molecule has 0 saturated carbocycles. The van der Waals surface area contributed by atoms with Crippen LogP contribution in [0.2, 0.25) is 0 Å². The molecule has 0 N–H and O–H groups in total. The van der Waals surface area contributed by atoms with E-state index in [1.807, 2.05) is 48.4 Å². The Balaban J connectivity index is 1.65. The second-order valence-corrected chi connectivity index (χ2v) is 6.72. The number of allylic oxidation sites excluding steroid dienone is 1. The van der Waals surface area contributed by atoms with Crippen LogP contribution in [0.5, 0.6) is 11.5 Å². The van der Waals surface area contributed by atoms with Gasteiger partial charge in [-0.3, -0.25) is 9.79 Å². The summed E-state index contributed by atoms with van der Waals surface area (Å²) in [6.45, 7) is 3.09. The van der Waals surface area contributed by atoms with Crippen molar-refractivity contribution in [3.05, 3.63) is 65.2 Å². The minimum absolute atomic E-state index is 0.00998. The van der Waals surface area contributed by atoms with E-state index in [1.54, 1.807) is 19.2 Å². The Hall–Kier alpha value is -3.08. The number of hydrogen-bond acceptors (Lipinski definition) is 4. The molecule has 27 heavy (non-hydrogen) atoms. The molecule has 138 valence electrons. The summed E-state index contributed by atoms with van der Waals surface area (Å²) in [5.74, 6) is 1.11. The monoisotopic (exact) mass is 362 g/mol. The third kappa shape index (κ3) is 3.33. The Bertz CT molecular complexity index is 919. The minimum atomic E-state index is -0.0164. The first kappa shape index (κ1) is 17.3. The zero-order valence-corrected chi connectivity index (χ0v) is 15.5. The van der Waals surface area contributed by atoms with Gasteiger partial charge in [0.25, 0.3) is 5.91 Å². The maximum Gasteiger partial charge on any atom is 0.257 e. The summed E-state index contributed by atoms with van der Waals surface area (Å²) in [5.41, 5.74) is 3.50. The standard InChI is InChI=1S/C22H22N2O3/c1-3-15-9-17-12-23-19-11-21(27-14-16-7-5-4-6-8-16)20(26-2)10-18(19)22(25)24(17)13-15/h3-8,10-12,17H,9,13-14H2,1-2H3/b15-3+. The third-order valence-electron chi connectivity index (χ3n) is 5.05. The van der Waals surface area contributed by atoms with Crippen LogP contribution in [0.4, 0.5) is 5.69 Å². The Morgan fingerprint density at radius 1 is 1.22 bits per heavy atom. The van der Waals surface area contributed by atoms with E-state index in [-0.39, 0.29) is 11.9 Å². The topological polar surface area (TPSA) is 51.1 Å². The van der Waals surface area contributed by atoms with Gasteiger partial charge in [-0.1, -0.05) is 42.0 Å². The number of nitrogens with zero attached hydrogens (tertiary/aromatic N) is 2. The summed E-state index contributed by atoms with van der Waals surface area (Å²) >= 11 is 0. The van der Waals surface area contributed by atoms with Crippen molar-refractivity contribution in [3.63, 3.8) is 0 Å². The van der Waals surface area contributed by atoms with Crippen molar-refractivity contribution < 1.29 is 14.3 Å². The van der Waals surface area contributed by atoms with E-state index in [1.165, 1.54) is 5.57 Å². The predicted octanol–water partition coefficient (Wildman–Crippen LogP) is 4.15. The van der Waals surface area contributed by atoms with E-state index < -0.39 is 0 Å². The lowest BCUT2D eigenvalue weighted by atomic mass is 10.1. The summed E-state index contributed by atoms with van der Waals surface area (Å²) in [6, 6.07) is 13.5. The van der Waals surface area contributed by atoms with Crippen molar-refractivity contribution in [2.24, 2.45) is 4.99 Å². The molecule has 0 radical (unpaired) electrons. The van der Waals surface area contributed by atoms with Crippen LogP contribution in [-0.2, 0) is 6.61 Å². The lowest BCUT2D eigenvalue weighted by Crippen LogP contribution is -2.35. The lowest BCUT2D eigenvalue weighted by molar-refractivity contribution is 0.0777. The normalized spacial score (nSPS) is 19.6. The zero-order chi connectivity index (χ0) is 18.8. The molecule has 5 nitrogen and oxygen atoms in total. The van der Waals surface area contributed by atoms with Crippen LogP contribution >= 0.6 is 0 Å². The number of methoxy groups -OCH3 is 1. The number of hydrogen-bond donors (Lipinski definition) is 0. The number of ether oxygens (including phenoxy) is 2. The molecule has 2 aromatic rings. The third-order valence-corrected chi connectivity index (χ3v) is 5.05. The van der Waals surface area contributed by atoms with E-state index in [4.69, 9.17) is 9.47 Å². The van der Waals surface area contributed by atoms with E-state index >= 15 is 0 Å². The number of benzene rings is 2. The summed E-state index contributed by atoms with van der Waals surface area (Å²) in [4.78, 5) is 19.5. The fourth-order valence-corrected chi connectivity index (χ4v) is 3.50. The maximum absolute atomic E-state index is 13.1. The van der Waals surface area contributed by atoms with Crippen molar-refractivity contribution in [2.45, 2.75) is 26.0 Å². The highest BCUT2D eigenvalue weighted by atomic mass is 16.5. The van der Waals surface area contributed by atoms with Crippen LogP contribution in [-0.4, -0.2) is 36.7 Å². The molecule has 2 aliphatic rings. The summed E-state index contributed by atoms with van der Waals surface area (Å²) in [5, 5.41) is 0. The van der Waals surface area contributed by atoms with Crippen LogP contribution in [0, 0.1) is 0 Å². The molecule has 5 heteroatoms. The largest absolute Gasteiger partial charge is 0.493 e. The quantitative estimate of drug-likeness (QED) is 0.768. The van der Waals surface area contributed by atoms with Gasteiger partial charge >= 0.3 is 0 Å². The fraction of sp³-hybridized carbons (Fsp3) is 0.273. The van der Waals surface area contributed by atoms with Gasteiger partial charge in [-0.2, -0.15) is 0 Å². The van der Waals surface area contributed by atoms with E-state index in [0.29, 0.717) is 35.9 Å². The number of aliphatic imine (C=N–C) groups is 1. The summed E-state index contributed by atoms with van der Waals surface area (Å²) in [7, 11) is 1.58. The number of amides is 1. The minimum Gasteiger partial charge on any atom is -0.493 e. The molecule has 1 unspecified atom stereocenters. The summed E-state index contributed by atoms with van der Waals surface area (Å²) in [6.07, 6.45) is 4.79. The van der Waals surface area contributed by atoms with E-state index in [0.717, 1.165) is 12.0 Å². The van der Waals surface area contributed by atoms with Crippen LogP contribution in [0.1, 0.15) is 29.3 Å². The number of rotatable bonds is 4. The molecule has 0 spiro atoms. The molecular formula is C22H22N2O3. The van der Waals surface area contributed by atoms with Gasteiger partial charge in [-0.05, 0) is 25.0 Å². The van der Waals surface area contributed by atoms with Gasteiger partial charge in [0, 0.05) is 18.8 Å². The molecule has 1 atom stereocenters. The number of fused-ring (bicyclic) bond motifs is 2. The van der Waals surface area contributed by atoms with Crippen molar-refractivity contribution in [1.29, 1.82) is 0 Å². The number of carbonyl (C=O) groups is 1. The second-order valence-electron chi connectivity index (χ2n) is 6.72. The average molecular weight is 362 g/mol. The van der Waals surface area contributed by atoms with Crippen molar-refractivity contribution in [3.8, 4) is 11.5 Å². The van der Waals surface area contributed by atoms with E-state index in [2.05, 4.69) is 11.1 Å². The second kappa shape index (κ2) is 7.27. The van der Waals surface area contributed by atoms with Crippen LogP contribution < -0.4 is 9.47 Å². The first-order valence-corrected chi connectivity index (χ1v) is 9.07. The van der Waals surface area contributed by atoms with Crippen LogP contribution in [0.15, 0.2) is 59.1 Å². The van der Waals surface area contributed by atoms with Crippen LogP contribution in [0.3, 0.4) is 0 Å². The predicted molar refractivity (Wildman–Crippen MR) is 105 cm³/mol. The molecule has 2 aliphatic heterocycles. The van der Waals surface area contributed by atoms with Gasteiger partial charge in [0.05, 0.1) is 24.4 Å². The smallest absolute Gasteiger partial charge is 0.257 e. The molecular weight excluding hydrogens is 340 g/mol. The molecule has 1 fully saturated rings. The van der Waals surface area contributed by atoms with Gasteiger partial charge in [0.2, 0.25) is 0 Å². The van der Waals surface area contributed by atoms with Gasteiger partial charge < -0.3 is 14.4 Å². The van der Waals surface area contributed by atoms with Gasteiger partial charge in [0.1, 0.15) is 6.61 Å². The maximum atomic E-state index is 13.1. The zero-order valence-electron chi connectivity index (χ0n) is 15.5. The number of carbonyl (C=O) groups excluding carboxylic acids is 1. The molecule has 0 aliphatic carbocycles. The first-order valence-electron chi connectivity index (χ1n) is 9.07. The molecule has 2 aromatic carbocycles.